The van der Waals surface area contributed by atoms with Gasteiger partial charge in [-0.3, -0.25) is 0 Å². The standard InChI is InChI=1S/C10H9BrOS/c11-8-2-1-3-9-10(8)7(4-5-12)6-13-9/h1-3,6,12H,4-5H2. The van der Waals surface area contributed by atoms with Gasteiger partial charge in [0.2, 0.25) is 0 Å². The van der Waals surface area contributed by atoms with Crippen molar-refractivity contribution in [2.75, 3.05) is 6.61 Å². The second-order valence-electron chi connectivity index (χ2n) is 2.85. The molecule has 0 aliphatic carbocycles. The van der Waals surface area contributed by atoms with Gasteiger partial charge in [0.1, 0.15) is 0 Å². The number of benzene rings is 1. The van der Waals surface area contributed by atoms with Crippen LogP contribution < -0.4 is 0 Å². The van der Waals surface area contributed by atoms with Crippen LogP contribution in [0.4, 0.5) is 0 Å². The quantitative estimate of drug-likeness (QED) is 0.875. The van der Waals surface area contributed by atoms with E-state index >= 15 is 0 Å². The lowest BCUT2D eigenvalue weighted by Crippen LogP contribution is -1.88. The Labute approximate surface area is 89.1 Å². The van der Waals surface area contributed by atoms with Crippen LogP contribution in [0, 0.1) is 0 Å². The Morgan fingerprint density at radius 2 is 2.23 bits per heavy atom. The van der Waals surface area contributed by atoms with E-state index in [1.165, 1.54) is 15.6 Å². The first-order chi connectivity index (χ1) is 6.33. The molecule has 1 nitrogen and oxygen atoms in total. The maximum atomic E-state index is 8.88. The van der Waals surface area contributed by atoms with Crippen LogP contribution in [0.5, 0.6) is 0 Å². The topological polar surface area (TPSA) is 20.2 Å². The van der Waals surface area contributed by atoms with E-state index in [9.17, 15) is 0 Å². The predicted molar refractivity (Wildman–Crippen MR) is 60.3 cm³/mol. The van der Waals surface area contributed by atoms with E-state index < -0.39 is 0 Å². The van der Waals surface area contributed by atoms with E-state index in [1.807, 2.05) is 12.1 Å². The Kier molecular flexibility index (Phi) is 2.67. The van der Waals surface area contributed by atoms with E-state index in [4.69, 9.17) is 5.11 Å². The number of rotatable bonds is 2. The van der Waals surface area contributed by atoms with Crippen molar-refractivity contribution in [3.05, 3.63) is 33.6 Å². The zero-order chi connectivity index (χ0) is 9.26. The highest BCUT2D eigenvalue weighted by molar-refractivity contribution is 9.10. The van der Waals surface area contributed by atoms with Gasteiger partial charge in [0.05, 0.1) is 0 Å². The minimum Gasteiger partial charge on any atom is -0.396 e. The number of hydrogen-bond donors (Lipinski definition) is 1. The van der Waals surface area contributed by atoms with Gasteiger partial charge in [-0.2, -0.15) is 0 Å². The van der Waals surface area contributed by atoms with Crippen LogP contribution in [0.2, 0.25) is 0 Å². The third-order valence-electron chi connectivity index (χ3n) is 2.01. The normalized spacial score (nSPS) is 10.9. The Morgan fingerprint density at radius 3 is 3.00 bits per heavy atom. The Balaban J connectivity index is 2.64. The summed E-state index contributed by atoms with van der Waals surface area (Å²) >= 11 is 5.25. The second kappa shape index (κ2) is 3.78. The van der Waals surface area contributed by atoms with Gasteiger partial charge >= 0.3 is 0 Å². The third-order valence-corrected chi connectivity index (χ3v) is 3.66. The zero-order valence-corrected chi connectivity index (χ0v) is 9.36. The number of thiophene rings is 1. The molecule has 0 amide bonds. The van der Waals surface area contributed by atoms with Crippen molar-refractivity contribution in [3.63, 3.8) is 0 Å². The van der Waals surface area contributed by atoms with Crippen molar-refractivity contribution in [1.29, 1.82) is 0 Å². The van der Waals surface area contributed by atoms with Crippen LogP contribution in [0.25, 0.3) is 10.1 Å². The van der Waals surface area contributed by atoms with Gasteiger partial charge in [-0.1, -0.05) is 22.0 Å². The summed E-state index contributed by atoms with van der Waals surface area (Å²) in [5, 5.41) is 12.2. The molecular weight excluding hydrogens is 248 g/mol. The van der Waals surface area contributed by atoms with Crippen molar-refractivity contribution in [3.8, 4) is 0 Å². The number of aliphatic hydroxyl groups excluding tert-OH is 1. The predicted octanol–water partition coefficient (Wildman–Crippen LogP) is 3.20. The minimum atomic E-state index is 0.215. The van der Waals surface area contributed by atoms with Gasteiger partial charge in [-0.25, -0.2) is 0 Å². The lowest BCUT2D eigenvalue weighted by molar-refractivity contribution is 0.300. The number of halogens is 1. The molecule has 68 valence electrons. The molecule has 0 fully saturated rings. The van der Waals surface area contributed by atoms with Gasteiger partial charge in [-0.15, -0.1) is 11.3 Å². The molecule has 0 atom stereocenters. The highest BCUT2D eigenvalue weighted by Gasteiger charge is 2.05. The maximum Gasteiger partial charge on any atom is 0.0471 e. The van der Waals surface area contributed by atoms with Crippen molar-refractivity contribution in [2.45, 2.75) is 6.42 Å². The van der Waals surface area contributed by atoms with Gasteiger partial charge in [0, 0.05) is 21.2 Å². The van der Waals surface area contributed by atoms with Crippen molar-refractivity contribution < 1.29 is 5.11 Å². The molecular formula is C10H9BrOS. The third kappa shape index (κ3) is 1.64. The molecule has 0 bridgehead atoms. The molecule has 1 aromatic heterocycles. The maximum absolute atomic E-state index is 8.88. The smallest absolute Gasteiger partial charge is 0.0471 e. The highest BCUT2D eigenvalue weighted by atomic mass is 79.9. The lowest BCUT2D eigenvalue weighted by Gasteiger charge is -1.98. The molecule has 3 heteroatoms. The van der Waals surface area contributed by atoms with E-state index in [0.29, 0.717) is 0 Å². The lowest BCUT2D eigenvalue weighted by atomic mass is 10.1. The van der Waals surface area contributed by atoms with Crippen molar-refractivity contribution >= 4 is 37.4 Å². The first-order valence-electron chi connectivity index (χ1n) is 4.08. The summed E-state index contributed by atoms with van der Waals surface area (Å²) < 4.78 is 2.40. The van der Waals surface area contributed by atoms with Gasteiger partial charge in [0.15, 0.2) is 0 Å². The molecule has 0 spiro atoms. The summed E-state index contributed by atoms with van der Waals surface area (Å²) in [6, 6.07) is 6.17. The van der Waals surface area contributed by atoms with Gasteiger partial charge < -0.3 is 5.11 Å². The largest absolute Gasteiger partial charge is 0.396 e. The summed E-state index contributed by atoms with van der Waals surface area (Å²) in [5.74, 6) is 0. The molecule has 1 aromatic carbocycles. The molecule has 1 heterocycles. The number of fused-ring (bicyclic) bond motifs is 1. The summed E-state index contributed by atoms with van der Waals surface area (Å²) in [4.78, 5) is 0. The monoisotopic (exact) mass is 256 g/mol. The average molecular weight is 257 g/mol. The Bertz CT molecular complexity index is 422. The first kappa shape index (κ1) is 9.19. The summed E-state index contributed by atoms with van der Waals surface area (Å²) in [5.41, 5.74) is 1.23. The molecule has 13 heavy (non-hydrogen) atoms. The van der Waals surface area contributed by atoms with Crippen LogP contribution in [-0.4, -0.2) is 11.7 Å². The fourth-order valence-corrected chi connectivity index (χ4v) is 3.19. The van der Waals surface area contributed by atoms with E-state index in [-0.39, 0.29) is 6.61 Å². The Hall–Kier alpha value is -0.380. The van der Waals surface area contributed by atoms with E-state index in [2.05, 4.69) is 27.4 Å². The van der Waals surface area contributed by atoms with E-state index in [1.54, 1.807) is 11.3 Å². The zero-order valence-electron chi connectivity index (χ0n) is 6.96. The van der Waals surface area contributed by atoms with Crippen LogP contribution in [-0.2, 0) is 6.42 Å². The summed E-state index contributed by atoms with van der Waals surface area (Å²) in [7, 11) is 0. The number of hydrogen-bond acceptors (Lipinski definition) is 2. The van der Waals surface area contributed by atoms with Crippen molar-refractivity contribution in [2.24, 2.45) is 0 Å². The molecule has 2 aromatic rings. The minimum absolute atomic E-state index is 0.215. The molecule has 0 aliphatic rings. The molecule has 0 saturated heterocycles. The molecule has 0 unspecified atom stereocenters. The SMILES string of the molecule is OCCc1csc2cccc(Br)c12. The molecule has 0 radical (unpaired) electrons. The molecule has 1 N–H and O–H groups in total. The van der Waals surface area contributed by atoms with Gasteiger partial charge in [-0.05, 0) is 29.5 Å². The fraction of sp³-hybridized carbons (Fsp3) is 0.200. The highest BCUT2D eigenvalue weighted by Crippen LogP contribution is 2.32. The van der Waals surface area contributed by atoms with Crippen LogP contribution in [0.1, 0.15) is 5.56 Å². The second-order valence-corrected chi connectivity index (χ2v) is 4.61. The fourth-order valence-electron chi connectivity index (χ4n) is 1.41. The molecule has 0 aliphatic heterocycles. The first-order valence-corrected chi connectivity index (χ1v) is 5.75. The van der Waals surface area contributed by atoms with Crippen LogP contribution >= 0.6 is 27.3 Å². The van der Waals surface area contributed by atoms with Crippen LogP contribution in [0.15, 0.2) is 28.1 Å². The Morgan fingerprint density at radius 1 is 1.38 bits per heavy atom. The number of aliphatic hydroxyl groups is 1. The van der Waals surface area contributed by atoms with Gasteiger partial charge in [0.25, 0.3) is 0 Å². The summed E-state index contributed by atoms with van der Waals surface area (Å²) in [6.45, 7) is 0.215. The molecule has 0 saturated carbocycles. The van der Waals surface area contributed by atoms with E-state index in [0.717, 1.165) is 10.9 Å². The average Bonchev–Trinajstić information content (AvgIpc) is 2.51. The summed E-state index contributed by atoms with van der Waals surface area (Å²) in [6.07, 6.45) is 0.739. The van der Waals surface area contributed by atoms with Crippen LogP contribution in [0.3, 0.4) is 0 Å². The molecule has 2 rings (SSSR count). The van der Waals surface area contributed by atoms with Crippen molar-refractivity contribution in [1.82, 2.24) is 0 Å².